The molecule has 1 aromatic heterocycles. The van der Waals surface area contributed by atoms with Crippen molar-refractivity contribution in [3.63, 3.8) is 0 Å². The maximum atomic E-state index is 12.4. The van der Waals surface area contributed by atoms with Gasteiger partial charge in [0.15, 0.2) is 9.84 Å². The molecule has 8 nitrogen and oxygen atoms in total. The fourth-order valence-corrected chi connectivity index (χ4v) is 3.07. The van der Waals surface area contributed by atoms with Gasteiger partial charge < -0.3 is 16.6 Å². The summed E-state index contributed by atoms with van der Waals surface area (Å²) in [5.74, 6) is -2.55. The first-order valence-electron chi connectivity index (χ1n) is 7.29. The monoisotopic (exact) mass is 406 g/mol. The number of nitrogen functional groups attached to an aromatic ring is 2. The van der Waals surface area contributed by atoms with E-state index in [-0.39, 0.29) is 16.7 Å². The topological polar surface area (TPSA) is 149 Å². The second-order valence-electron chi connectivity index (χ2n) is 5.42. The fourth-order valence-electron chi connectivity index (χ4n) is 1.81. The number of aromatic nitrogens is 2. The van der Waals surface area contributed by atoms with E-state index in [1.165, 1.54) is 6.20 Å². The van der Waals surface area contributed by atoms with Crippen LogP contribution in [-0.4, -0.2) is 40.9 Å². The number of sulfone groups is 1. The van der Waals surface area contributed by atoms with Crippen molar-refractivity contribution in [2.45, 2.75) is 30.2 Å². The van der Waals surface area contributed by atoms with E-state index in [1.54, 1.807) is 38.1 Å². The van der Waals surface area contributed by atoms with Crippen LogP contribution in [0.25, 0.3) is 11.1 Å². The molecule has 27 heavy (non-hydrogen) atoms. The predicted octanol–water partition coefficient (Wildman–Crippen LogP) is 2.12. The molecular formula is C15H17F3N4O4S. The van der Waals surface area contributed by atoms with E-state index in [1.807, 2.05) is 0 Å². The minimum atomic E-state index is -5.08. The summed E-state index contributed by atoms with van der Waals surface area (Å²) in [6, 6.07) is 6.65. The van der Waals surface area contributed by atoms with Gasteiger partial charge in [-0.25, -0.2) is 18.2 Å². The molecule has 0 saturated heterocycles. The van der Waals surface area contributed by atoms with E-state index in [2.05, 4.69) is 9.97 Å². The first-order valence-corrected chi connectivity index (χ1v) is 8.84. The number of halogens is 3. The molecular weight excluding hydrogens is 389 g/mol. The number of carboxylic acid groups (broad SMARTS) is 1. The van der Waals surface area contributed by atoms with E-state index in [9.17, 15) is 21.6 Å². The van der Waals surface area contributed by atoms with Gasteiger partial charge in [-0.15, -0.1) is 0 Å². The SMILES string of the molecule is CC(C)S(=O)(=O)c1ccccc1-c1cnc(N)nc1N.O=C(O)C(F)(F)F. The van der Waals surface area contributed by atoms with Crippen LogP contribution < -0.4 is 11.5 Å². The summed E-state index contributed by atoms with van der Waals surface area (Å²) in [6.45, 7) is 3.27. The average Bonchev–Trinajstić information content (AvgIpc) is 2.54. The first kappa shape index (κ1) is 22.2. The van der Waals surface area contributed by atoms with Gasteiger partial charge in [0.1, 0.15) is 5.82 Å². The molecule has 2 rings (SSSR count). The maximum absolute atomic E-state index is 12.4. The van der Waals surface area contributed by atoms with Crippen LogP contribution in [0, 0.1) is 0 Å². The van der Waals surface area contributed by atoms with Crippen LogP contribution >= 0.6 is 0 Å². The second kappa shape index (κ2) is 8.20. The van der Waals surface area contributed by atoms with Crippen molar-refractivity contribution in [1.29, 1.82) is 0 Å². The molecule has 0 unspecified atom stereocenters. The van der Waals surface area contributed by atoms with Gasteiger partial charge in [0.2, 0.25) is 5.95 Å². The molecule has 0 amide bonds. The lowest BCUT2D eigenvalue weighted by molar-refractivity contribution is -0.192. The lowest BCUT2D eigenvalue weighted by Crippen LogP contribution is -2.21. The minimum Gasteiger partial charge on any atom is -0.475 e. The molecule has 0 spiro atoms. The van der Waals surface area contributed by atoms with Crippen LogP contribution in [0.1, 0.15) is 13.8 Å². The Bertz CT molecular complexity index is 931. The molecule has 0 aliphatic heterocycles. The highest BCUT2D eigenvalue weighted by Gasteiger charge is 2.38. The Labute approximate surface area is 153 Å². The molecule has 148 valence electrons. The molecule has 0 aliphatic rings. The Morgan fingerprint density at radius 1 is 1.15 bits per heavy atom. The fraction of sp³-hybridized carbons (Fsp3) is 0.267. The Morgan fingerprint density at radius 2 is 1.67 bits per heavy atom. The molecule has 1 heterocycles. The summed E-state index contributed by atoms with van der Waals surface area (Å²) in [7, 11) is -3.42. The van der Waals surface area contributed by atoms with Crippen LogP contribution in [0.3, 0.4) is 0 Å². The van der Waals surface area contributed by atoms with E-state index < -0.39 is 27.2 Å². The number of rotatable bonds is 3. The summed E-state index contributed by atoms with van der Waals surface area (Å²) in [6.07, 6.45) is -3.65. The second-order valence-corrected chi connectivity index (χ2v) is 7.89. The van der Waals surface area contributed by atoms with E-state index >= 15 is 0 Å². The van der Waals surface area contributed by atoms with Crippen molar-refractivity contribution in [3.05, 3.63) is 30.5 Å². The number of hydrogen-bond donors (Lipinski definition) is 3. The Balaban J connectivity index is 0.000000445. The summed E-state index contributed by atoms with van der Waals surface area (Å²) in [5, 5.41) is 6.60. The van der Waals surface area contributed by atoms with Crippen LogP contribution in [0.4, 0.5) is 24.9 Å². The largest absolute Gasteiger partial charge is 0.490 e. The van der Waals surface area contributed by atoms with Crippen LogP contribution in [0.15, 0.2) is 35.4 Å². The predicted molar refractivity (Wildman–Crippen MR) is 92.3 cm³/mol. The zero-order valence-corrected chi connectivity index (χ0v) is 15.0. The van der Waals surface area contributed by atoms with Gasteiger partial charge in [-0.3, -0.25) is 0 Å². The number of nitrogens with two attached hydrogens (primary N) is 2. The smallest absolute Gasteiger partial charge is 0.475 e. The molecule has 0 atom stereocenters. The van der Waals surface area contributed by atoms with Crippen LogP contribution in [0.2, 0.25) is 0 Å². The third-order valence-corrected chi connectivity index (χ3v) is 5.39. The number of carbonyl (C=O) groups is 1. The minimum absolute atomic E-state index is 0.0513. The van der Waals surface area contributed by atoms with E-state index in [0.717, 1.165) is 0 Å². The molecule has 0 bridgehead atoms. The molecule has 12 heteroatoms. The molecule has 0 fully saturated rings. The number of carboxylic acids is 1. The lowest BCUT2D eigenvalue weighted by atomic mass is 10.1. The number of hydrogen-bond acceptors (Lipinski definition) is 7. The van der Waals surface area contributed by atoms with Gasteiger partial charge in [0.05, 0.1) is 10.1 Å². The first-order chi connectivity index (χ1) is 12.3. The number of alkyl halides is 3. The quantitative estimate of drug-likeness (QED) is 0.702. The van der Waals surface area contributed by atoms with Crippen molar-refractivity contribution < 1.29 is 31.5 Å². The normalized spacial score (nSPS) is 11.6. The number of anilines is 2. The van der Waals surface area contributed by atoms with Crippen molar-refractivity contribution >= 4 is 27.6 Å². The zero-order chi connectivity index (χ0) is 21.0. The number of aliphatic carboxylic acids is 1. The molecule has 2 aromatic rings. The Hall–Kier alpha value is -2.89. The van der Waals surface area contributed by atoms with Gasteiger partial charge in [0.25, 0.3) is 0 Å². The summed E-state index contributed by atoms with van der Waals surface area (Å²) in [4.78, 5) is 16.9. The van der Waals surface area contributed by atoms with Gasteiger partial charge in [-0.1, -0.05) is 18.2 Å². The van der Waals surface area contributed by atoms with E-state index in [0.29, 0.717) is 11.1 Å². The summed E-state index contributed by atoms with van der Waals surface area (Å²) < 4.78 is 56.5. The molecule has 0 saturated carbocycles. The highest BCUT2D eigenvalue weighted by Crippen LogP contribution is 2.32. The van der Waals surface area contributed by atoms with Crippen molar-refractivity contribution in [3.8, 4) is 11.1 Å². The molecule has 5 N–H and O–H groups in total. The van der Waals surface area contributed by atoms with Crippen LogP contribution in [-0.2, 0) is 14.6 Å². The van der Waals surface area contributed by atoms with Gasteiger partial charge in [-0.05, 0) is 19.9 Å². The van der Waals surface area contributed by atoms with Crippen molar-refractivity contribution in [2.75, 3.05) is 11.5 Å². The average molecular weight is 406 g/mol. The van der Waals surface area contributed by atoms with Crippen molar-refractivity contribution in [2.24, 2.45) is 0 Å². The van der Waals surface area contributed by atoms with Crippen LogP contribution in [0.5, 0.6) is 0 Å². The van der Waals surface area contributed by atoms with Gasteiger partial charge in [0, 0.05) is 17.3 Å². The maximum Gasteiger partial charge on any atom is 0.490 e. The summed E-state index contributed by atoms with van der Waals surface area (Å²) in [5.41, 5.74) is 12.2. The highest BCUT2D eigenvalue weighted by atomic mass is 32.2. The standard InChI is InChI=1S/C13H16N4O2S.C2HF3O2/c1-8(2)20(18,19)11-6-4-3-5-9(11)10-7-16-13(15)17-12(10)14;3-2(4,5)1(6)7/h3-8H,1-2H3,(H4,14,15,16,17);(H,6,7). The Kier molecular flexibility index (Phi) is 6.73. The Morgan fingerprint density at radius 3 is 2.11 bits per heavy atom. The molecule has 1 aromatic carbocycles. The third-order valence-electron chi connectivity index (χ3n) is 3.18. The van der Waals surface area contributed by atoms with E-state index in [4.69, 9.17) is 21.4 Å². The van der Waals surface area contributed by atoms with Crippen molar-refractivity contribution in [1.82, 2.24) is 9.97 Å². The third kappa shape index (κ3) is 5.54. The number of nitrogens with zero attached hydrogens (tertiary/aromatic N) is 2. The zero-order valence-electron chi connectivity index (χ0n) is 14.2. The summed E-state index contributed by atoms with van der Waals surface area (Å²) >= 11 is 0. The highest BCUT2D eigenvalue weighted by molar-refractivity contribution is 7.92. The molecule has 0 aliphatic carbocycles. The lowest BCUT2D eigenvalue weighted by Gasteiger charge is -2.13. The van der Waals surface area contributed by atoms with Gasteiger partial charge in [-0.2, -0.15) is 18.2 Å². The van der Waals surface area contributed by atoms with Gasteiger partial charge >= 0.3 is 12.1 Å². The number of benzene rings is 1. The molecule has 0 radical (unpaired) electrons.